The highest BCUT2D eigenvalue weighted by atomic mass is 16.7. The van der Waals surface area contributed by atoms with Gasteiger partial charge in [0.25, 0.3) is 0 Å². The number of carbonyl (C=O) groups excluding carboxylic acids is 3. The Hall–Kier alpha value is -3.13. The molecule has 2 heterocycles. The molecule has 0 aromatic heterocycles. The van der Waals surface area contributed by atoms with Crippen molar-refractivity contribution in [3.8, 4) is 11.5 Å². The van der Waals surface area contributed by atoms with Crippen molar-refractivity contribution in [3.63, 3.8) is 0 Å². The average Bonchev–Trinajstić information content (AvgIpc) is 3.27. The lowest BCUT2D eigenvalue weighted by Crippen LogP contribution is -2.64. The molecule has 4 rings (SSSR count). The third kappa shape index (κ3) is 5.43. The van der Waals surface area contributed by atoms with Crippen LogP contribution in [0.15, 0.2) is 35.6 Å². The first-order chi connectivity index (χ1) is 19.0. The fourth-order valence-corrected chi connectivity index (χ4v) is 7.23. The van der Waals surface area contributed by atoms with Crippen LogP contribution in [-0.4, -0.2) is 36.4 Å². The zero-order chi connectivity index (χ0) is 30.4. The van der Waals surface area contributed by atoms with E-state index < -0.39 is 29.2 Å². The lowest BCUT2D eigenvalue weighted by atomic mass is 9.55. The molecule has 0 amide bonds. The van der Waals surface area contributed by atoms with Crippen LogP contribution < -0.4 is 9.47 Å². The largest absolute Gasteiger partial charge is 0.465 e. The number of ether oxygens (including phenoxy) is 5. The van der Waals surface area contributed by atoms with Gasteiger partial charge in [-0.05, 0) is 70.7 Å². The molecule has 1 saturated carbocycles. The monoisotopic (exact) mass is 568 g/mol. The van der Waals surface area contributed by atoms with Crippen molar-refractivity contribution < 1.29 is 38.1 Å². The second-order valence-corrected chi connectivity index (χ2v) is 12.9. The molecule has 8 nitrogen and oxygen atoms in total. The summed E-state index contributed by atoms with van der Waals surface area (Å²) in [5.41, 5.74) is 1.48. The average molecular weight is 569 g/mol. The second-order valence-electron chi connectivity index (χ2n) is 12.9. The number of hydrogen-bond acceptors (Lipinski definition) is 8. The van der Waals surface area contributed by atoms with E-state index in [4.69, 9.17) is 23.7 Å². The fourth-order valence-electron chi connectivity index (χ4n) is 7.23. The highest BCUT2D eigenvalue weighted by Crippen LogP contribution is 2.70. The van der Waals surface area contributed by atoms with E-state index in [-0.39, 0.29) is 23.4 Å². The van der Waals surface area contributed by atoms with Crippen LogP contribution in [0.3, 0.4) is 0 Å². The van der Waals surface area contributed by atoms with Gasteiger partial charge in [0.15, 0.2) is 0 Å². The van der Waals surface area contributed by atoms with E-state index >= 15 is 0 Å². The van der Waals surface area contributed by atoms with Gasteiger partial charge in [-0.3, -0.25) is 14.4 Å². The minimum absolute atomic E-state index is 0.152. The van der Waals surface area contributed by atoms with E-state index in [0.29, 0.717) is 29.9 Å². The quantitative estimate of drug-likeness (QED) is 0.208. The summed E-state index contributed by atoms with van der Waals surface area (Å²) in [6.07, 6.45) is 8.00. The molecule has 8 heteroatoms. The molecule has 1 aromatic carbocycles. The van der Waals surface area contributed by atoms with Gasteiger partial charge in [-0.25, -0.2) is 0 Å². The Labute approximate surface area is 243 Å². The molecule has 1 aromatic rings. The van der Waals surface area contributed by atoms with Gasteiger partial charge in [0.1, 0.15) is 23.4 Å². The predicted octanol–water partition coefficient (Wildman–Crippen LogP) is 6.52. The maximum Gasteiger partial charge on any atom is 0.308 e. The Bertz CT molecular complexity index is 1310. The first kappa shape index (κ1) is 30.8. The van der Waals surface area contributed by atoms with Crippen LogP contribution in [0.5, 0.6) is 11.5 Å². The van der Waals surface area contributed by atoms with Gasteiger partial charge in [-0.1, -0.05) is 31.9 Å². The summed E-state index contributed by atoms with van der Waals surface area (Å²) in [5, 5.41) is 0. The third-order valence-corrected chi connectivity index (χ3v) is 9.47. The first-order valence-electron chi connectivity index (χ1n) is 14.4. The van der Waals surface area contributed by atoms with Crippen LogP contribution in [0.2, 0.25) is 0 Å². The standard InChI is InChI=1S/C33H44O8/c1-20(11-12-25-17-26(38-22(3)34)16-21(2)29(25)40-24(5)36)15-27-18-31(8)13-10-14-32(31,9)33(41-27)30(6,7)28(19-37-33)39-23(4)35/h11,16-18,28H,10,12-15,19H2,1-9H3/b20-11+/t28-,31+,32+,33+/m1/s1. The van der Waals surface area contributed by atoms with Gasteiger partial charge in [0.2, 0.25) is 5.79 Å². The van der Waals surface area contributed by atoms with E-state index in [0.717, 1.165) is 36.2 Å². The minimum Gasteiger partial charge on any atom is -0.465 e. The fraction of sp³-hybridized carbons (Fsp3) is 0.606. The van der Waals surface area contributed by atoms with Gasteiger partial charge < -0.3 is 23.7 Å². The van der Waals surface area contributed by atoms with Gasteiger partial charge >= 0.3 is 17.9 Å². The Morgan fingerprint density at radius 1 is 0.976 bits per heavy atom. The second kappa shape index (κ2) is 10.9. The molecule has 4 atom stereocenters. The number of carbonyl (C=O) groups is 3. The Morgan fingerprint density at radius 3 is 2.29 bits per heavy atom. The summed E-state index contributed by atoms with van der Waals surface area (Å²) in [5.74, 6) is -0.400. The number of esters is 3. The molecule has 0 radical (unpaired) electrons. The van der Waals surface area contributed by atoms with Gasteiger partial charge in [0, 0.05) is 43.6 Å². The summed E-state index contributed by atoms with van der Waals surface area (Å²) in [6, 6.07) is 3.42. The predicted molar refractivity (Wildman–Crippen MR) is 153 cm³/mol. The molecule has 0 N–H and O–H groups in total. The summed E-state index contributed by atoms with van der Waals surface area (Å²) in [4.78, 5) is 35.3. The normalized spacial score (nSPS) is 30.3. The van der Waals surface area contributed by atoms with Crippen molar-refractivity contribution in [2.24, 2.45) is 16.2 Å². The SMILES string of the molecule is CC(=O)Oc1cc(C)c(OC(C)=O)c(C/C=C(\C)CC2=C[C@]3(C)CCC[C@]3(C)[C@@]3(OC[C@@H](OC(C)=O)C3(C)C)O2)c1. The Kier molecular flexibility index (Phi) is 8.22. The van der Waals surface area contributed by atoms with E-state index in [9.17, 15) is 14.4 Å². The molecule has 2 fully saturated rings. The van der Waals surface area contributed by atoms with Gasteiger partial charge in [0.05, 0.1) is 12.0 Å². The highest BCUT2D eigenvalue weighted by Gasteiger charge is 2.74. The molecule has 1 spiro atoms. The number of allylic oxidation sites excluding steroid dienone is 3. The van der Waals surface area contributed by atoms with E-state index in [1.165, 1.54) is 20.8 Å². The molecule has 1 aliphatic carbocycles. The van der Waals surface area contributed by atoms with Crippen LogP contribution in [0.25, 0.3) is 0 Å². The topological polar surface area (TPSA) is 97.4 Å². The lowest BCUT2D eigenvalue weighted by Gasteiger charge is -2.59. The van der Waals surface area contributed by atoms with Gasteiger partial charge in [-0.2, -0.15) is 0 Å². The van der Waals surface area contributed by atoms with Crippen LogP contribution in [-0.2, 0) is 35.0 Å². The molecule has 0 bridgehead atoms. The van der Waals surface area contributed by atoms with E-state index in [1.54, 1.807) is 12.1 Å². The van der Waals surface area contributed by atoms with Crippen molar-refractivity contribution in [3.05, 3.63) is 46.7 Å². The number of rotatable bonds is 7. The summed E-state index contributed by atoms with van der Waals surface area (Å²) >= 11 is 0. The maximum atomic E-state index is 11.9. The molecule has 41 heavy (non-hydrogen) atoms. The summed E-state index contributed by atoms with van der Waals surface area (Å²) in [7, 11) is 0. The number of aryl methyl sites for hydroxylation is 1. The zero-order valence-corrected chi connectivity index (χ0v) is 25.9. The third-order valence-electron chi connectivity index (χ3n) is 9.47. The molecular weight excluding hydrogens is 524 g/mol. The van der Waals surface area contributed by atoms with Crippen LogP contribution >= 0.6 is 0 Å². The highest BCUT2D eigenvalue weighted by molar-refractivity contribution is 5.72. The van der Waals surface area contributed by atoms with E-state index in [2.05, 4.69) is 39.8 Å². The van der Waals surface area contributed by atoms with Crippen LogP contribution in [0.1, 0.15) is 92.2 Å². The molecule has 2 aliphatic heterocycles. The zero-order valence-electron chi connectivity index (χ0n) is 25.9. The number of hydrogen-bond donors (Lipinski definition) is 0. The molecule has 3 aliphatic rings. The number of benzene rings is 1. The maximum absolute atomic E-state index is 11.9. The Morgan fingerprint density at radius 2 is 1.66 bits per heavy atom. The van der Waals surface area contributed by atoms with E-state index in [1.807, 2.05) is 13.8 Å². The lowest BCUT2D eigenvalue weighted by molar-refractivity contribution is -0.324. The molecule has 1 saturated heterocycles. The number of fused-ring (bicyclic) bond motifs is 2. The smallest absolute Gasteiger partial charge is 0.308 e. The van der Waals surface area contributed by atoms with Crippen LogP contribution in [0, 0.1) is 23.2 Å². The van der Waals surface area contributed by atoms with Crippen molar-refractivity contribution in [2.75, 3.05) is 6.61 Å². The van der Waals surface area contributed by atoms with Crippen molar-refractivity contribution in [1.82, 2.24) is 0 Å². The summed E-state index contributed by atoms with van der Waals surface area (Å²) < 4.78 is 30.1. The first-order valence-corrected chi connectivity index (χ1v) is 14.4. The Balaban J connectivity index is 1.64. The minimum atomic E-state index is -0.951. The molecular formula is C33H44O8. The molecule has 224 valence electrons. The van der Waals surface area contributed by atoms with Crippen molar-refractivity contribution in [2.45, 2.75) is 106 Å². The summed E-state index contributed by atoms with van der Waals surface area (Å²) in [6.45, 7) is 17.0. The van der Waals surface area contributed by atoms with Crippen LogP contribution in [0.4, 0.5) is 0 Å². The molecule has 0 unspecified atom stereocenters. The van der Waals surface area contributed by atoms with Crippen molar-refractivity contribution in [1.29, 1.82) is 0 Å². The van der Waals surface area contributed by atoms with Gasteiger partial charge in [-0.15, -0.1) is 0 Å². The van der Waals surface area contributed by atoms with Crippen molar-refractivity contribution >= 4 is 17.9 Å².